The van der Waals surface area contributed by atoms with Gasteiger partial charge < -0.3 is 5.32 Å². The molecule has 2 aromatic rings. The van der Waals surface area contributed by atoms with Crippen molar-refractivity contribution in [2.24, 2.45) is 0 Å². The molecule has 0 saturated heterocycles. The van der Waals surface area contributed by atoms with E-state index in [-0.39, 0.29) is 17.8 Å². The van der Waals surface area contributed by atoms with E-state index < -0.39 is 0 Å². The van der Waals surface area contributed by atoms with Crippen molar-refractivity contribution in [3.63, 3.8) is 0 Å². The number of carbonyl (C=O) groups is 1. The highest BCUT2D eigenvalue weighted by Gasteiger charge is 2.10. The zero-order chi connectivity index (χ0) is 15.9. The lowest BCUT2D eigenvalue weighted by atomic mass is 10.2. The molecule has 0 aliphatic rings. The molecule has 1 N–H and O–H groups in total. The van der Waals surface area contributed by atoms with Gasteiger partial charge in [0.1, 0.15) is 5.82 Å². The molecule has 0 radical (unpaired) electrons. The van der Waals surface area contributed by atoms with E-state index in [1.807, 2.05) is 12.3 Å². The first-order valence-electron chi connectivity index (χ1n) is 7.22. The number of carbonyl (C=O) groups excluding carboxylic acids is 1. The lowest BCUT2D eigenvalue weighted by Gasteiger charge is -2.11. The first-order valence-corrected chi connectivity index (χ1v) is 9.08. The molecule has 0 aliphatic heterocycles. The second-order valence-corrected chi connectivity index (χ2v) is 7.13. The van der Waals surface area contributed by atoms with Crippen molar-refractivity contribution in [3.8, 4) is 11.3 Å². The van der Waals surface area contributed by atoms with Crippen LogP contribution in [0.15, 0.2) is 34.0 Å². The van der Waals surface area contributed by atoms with E-state index in [2.05, 4.69) is 17.2 Å². The van der Waals surface area contributed by atoms with E-state index >= 15 is 0 Å². The van der Waals surface area contributed by atoms with Crippen LogP contribution in [0.1, 0.15) is 26.7 Å². The zero-order valence-corrected chi connectivity index (χ0v) is 14.3. The molecule has 0 unspecified atom stereocenters. The summed E-state index contributed by atoms with van der Waals surface area (Å²) in [4.78, 5) is 16.3. The summed E-state index contributed by atoms with van der Waals surface area (Å²) >= 11 is 2.93. The van der Waals surface area contributed by atoms with Gasteiger partial charge in [-0.3, -0.25) is 4.79 Å². The fraction of sp³-hybridized carbons (Fsp3) is 0.375. The molecule has 2 rings (SSSR count). The third kappa shape index (κ3) is 5.10. The molecular formula is C16H19FN2OS2. The first kappa shape index (κ1) is 17.0. The molecule has 0 aliphatic carbocycles. The van der Waals surface area contributed by atoms with Crippen molar-refractivity contribution in [3.05, 3.63) is 35.5 Å². The molecule has 0 saturated carbocycles. The second kappa shape index (κ2) is 8.29. The lowest BCUT2D eigenvalue weighted by molar-refractivity contribution is -0.119. The maximum atomic E-state index is 12.9. The topological polar surface area (TPSA) is 42.0 Å². The number of nitrogens with one attached hydrogen (secondary N) is 1. The Morgan fingerprint density at radius 2 is 2.14 bits per heavy atom. The third-order valence-corrected chi connectivity index (χ3v) is 5.10. The highest BCUT2D eigenvalue weighted by molar-refractivity contribution is 8.01. The standard InChI is InChI=1S/C16H19FN2OS2/c1-3-4-11(2)18-15(20)10-22-16-19-14(9-21-16)12-5-7-13(17)8-6-12/h5-9,11H,3-4,10H2,1-2H3,(H,18,20)/t11-/m1/s1. The summed E-state index contributed by atoms with van der Waals surface area (Å²) in [6.07, 6.45) is 2.05. The van der Waals surface area contributed by atoms with Crippen LogP contribution in [0.25, 0.3) is 11.3 Å². The molecule has 1 amide bonds. The predicted molar refractivity (Wildman–Crippen MR) is 90.7 cm³/mol. The number of halogens is 1. The number of rotatable bonds is 7. The van der Waals surface area contributed by atoms with Crippen molar-refractivity contribution in [1.29, 1.82) is 0 Å². The fourth-order valence-electron chi connectivity index (χ4n) is 2.03. The Balaban J connectivity index is 1.87. The maximum absolute atomic E-state index is 12.9. The van der Waals surface area contributed by atoms with Gasteiger partial charge in [0.2, 0.25) is 5.91 Å². The van der Waals surface area contributed by atoms with Gasteiger partial charge in [-0.05, 0) is 37.6 Å². The minimum atomic E-state index is -0.258. The van der Waals surface area contributed by atoms with Crippen LogP contribution in [-0.2, 0) is 4.79 Å². The molecule has 0 spiro atoms. The van der Waals surface area contributed by atoms with E-state index in [9.17, 15) is 9.18 Å². The van der Waals surface area contributed by atoms with Gasteiger partial charge in [-0.1, -0.05) is 25.1 Å². The molecule has 3 nitrogen and oxygen atoms in total. The molecule has 0 bridgehead atoms. The largest absolute Gasteiger partial charge is 0.353 e. The Morgan fingerprint density at radius 1 is 1.41 bits per heavy atom. The van der Waals surface area contributed by atoms with Gasteiger partial charge in [0.25, 0.3) is 0 Å². The van der Waals surface area contributed by atoms with E-state index in [1.165, 1.54) is 35.2 Å². The summed E-state index contributed by atoms with van der Waals surface area (Å²) in [6, 6.07) is 6.47. The summed E-state index contributed by atoms with van der Waals surface area (Å²) in [5, 5.41) is 4.89. The molecule has 1 atom stereocenters. The molecule has 1 heterocycles. The molecule has 118 valence electrons. The molecule has 1 aromatic heterocycles. The smallest absolute Gasteiger partial charge is 0.230 e. The van der Waals surface area contributed by atoms with Crippen LogP contribution < -0.4 is 5.32 Å². The zero-order valence-electron chi connectivity index (χ0n) is 12.6. The third-order valence-electron chi connectivity index (χ3n) is 3.08. The lowest BCUT2D eigenvalue weighted by Crippen LogP contribution is -2.33. The summed E-state index contributed by atoms with van der Waals surface area (Å²) in [7, 11) is 0. The number of thiazole rings is 1. The Bertz CT molecular complexity index is 613. The van der Waals surface area contributed by atoms with Crippen LogP contribution >= 0.6 is 23.1 Å². The molecule has 6 heteroatoms. The van der Waals surface area contributed by atoms with Gasteiger partial charge in [0.05, 0.1) is 11.4 Å². The number of aromatic nitrogens is 1. The second-order valence-electron chi connectivity index (χ2n) is 5.05. The van der Waals surface area contributed by atoms with Gasteiger partial charge in [0, 0.05) is 17.0 Å². The predicted octanol–water partition coefficient (Wildman–Crippen LogP) is 4.35. The number of nitrogens with zero attached hydrogens (tertiary/aromatic N) is 1. The summed E-state index contributed by atoms with van der Waals surface area (Å²) in [6.45, 7) is 4.12. The van der Waals surface area contributed by atoms with Gasteiger partial charge in [-0.15, -0.1) is 11.3 Å². The summed E-state index contributed by atoms with van der Waals surface area (Å²) < 4.78 is 13.8. The van der Waals surface area contributed by atoms with Crippen molar-refractivity contribution >= 4 is 29.0 Å². The average Bonchev–Trinajstić information content (AvgIpc) is 2.95. The molecular weight excluding hydrogens is 319 g/mol. The molecule has 0 fully saturated rings. The normalized spacial score (nSPS) is 12.1. The first-order chi connectivity index (χ1) is 10.6. The maximum Gasteiger partial charge on any atom is 0.230 e. The quantitative estimate of drug-likeness (QED) is 0.763. The van der Waals surface area contributed by atoms with Gasteiger partial charge >= 0.3 is 0 Å². The van der Waals surface area contributed by atoms with Gasteiger partial charge in [-0.25, -0.2) is 9.37 Å². The highest BCUT2D eigenvalue weighted by atomic mass is 32.2. The number of thioether (sulfide) groups is 1. The SMILES string of the molecule is CCC[C@@H](C)NC(=O)CSc1nc(-c2ccc(F)cc2)cs1. The molecule has 22 heavy (non-hydrogen) atoms. The Morgan fingerprint density at radius 3 is 2.82 bits per heavy atom. The van der Waals surface area contributed by atoms with Gasteiger partial charge in [-0.2, -0.15) is 0 Å². The minimum Gasteiger partial charge on any atom is -0.353 e. The average molecular weight is 338 g/mol. The van der Waals surface area contributed by atoms with E-state index in [0.717, 1.165) is 28.4 Å². The van der Waals surface area contributed by atoms with Crippen molar-refractivity contribution in [1.82, 2.24) is 10.3 Å². The minimum absolute atomic E-state index is 0.0319. The van der Waals surface area contributed by atoms with Crippen molar-refractivity contribution in [2.45, 2.75) is 37.1 Å². The van der Waals surface area contributed by atoms with E-state index in [1.54, 1.807) is 12.1 Å². The summed E-state index contributed by atoms with van der Waals surface area (Å²) in [5.74, 6) is 0.140. The van der Waals surface area contributed by atoms with Crippen LogP contribution in [0, 0.1) is 5.82 Å². The van der Waals surface area contributed by atoms with Crippen LogP contribution in [0.5, 0.6) is 0 Å². The summed E-state index contributed by atoms with van der Waals surface area (Å²) in [5.41, 5.74) is 1.69. The van der Waals surface area contributed by atoms with Gasteiger partial charge in [0.15, 0.2) is 4.34 Å². The van der Waals surface area contributed by atoms with Crippen LogP contribution in [-0.4, -0.2) is 22.7 Å². The van der Waals surface area contributed by atoms with Crippen LogP contribution in [0.2, 0.25) is 0 Å². The van der Waals surface area contributed by atoms with Crippen LogP contribution in [0.4, 0.5) is 4.39 Å². The Labute approximate surface area is 138 Å². The number of hydrogen-bond donors (Lipinski definition) is 1. The Kier molecular flexibility index (Phi) is 6.39. The fourth-order valence-corrected chi connectivity index (χ4v) is 3.67. The highest BCUT2D eigenvalue weighted by Crippen LogP contribution is 2.28. The molecule has 1 aromatic carbocycles. The van der Waals surface area contributed by atoms with E-state index in [4.69, 9.17) is 0 Å². The van der Waals surface area contributed by atoms with Crippen molar-refractivity contribution < 1.29 is 9.18 Å². The van der Waals surface area contributed by atoms with E-state index in [0.29, 0.717) is 5.75 Å². The number of hydrogen-bond acceptors (Lipinski definition) is 4. The monoisotopic (exact) mass is 338 g/mol. The van der Waals surface area contributed by atoms with Crippen LogP contribution in [0.3, 0.4) is 0 Å². The van der Waals surface area contributed by atoms with Crippen molar-refractivity contribution in [2.75, 3.05) is 5.75 Å². The Hall–Kier alpha value is -1.40. The number of benzene rings is 1. The number of amides is 1.